The quantitative estimate of drug-likeness (QED) is 0.885. The van der Waals surface area contributed by atoms with Crippen molar-refractivity contribution in [3.63, 3.8) is 0 Å². The molecular formula is C13H19Cl3N2O2S. The van der Waals surface area contributed by atoms with E-state index in [1.54, 1.807) is 6.92 Å². The van der Waals surface area contributed by atoms with E-state index in [1.165, 1.54) is 16.4 Å². The smallest absolute Gasteiger partial charge is 0.243 e. The molecule has 1 aromatic rings. The standard InChI is InChI=1S/C13H18Cl2N2O2S.ClH/c1-9-12(14)6-11(7-13(9)15)20(18,19)17-4-2-10(8-16)3-5-17;/h6-7,10H,2-5,8,16H2,1H3;1H. The maximum absolute atomic E-state index is 12.6. The molecule has 0 bridgehead atoms. The summed E-state index contributed by atoms with van der Waals surface area (Å²) in [5, 5.41) is 0.737. The molecule has 0 aliphatic carbocycles. The monoisotopic (exact) mass is 372 g/mol. The van der Waals surface area contributed by atoms with Crippen LogP contribution in [0, 0.1) is 12.8 Å². The van der Waals surface area contributed by atoms with E-state index >= 15 is 0 Å². The summed E-state index contributed by atoms with van der Waals surface area (Å²) < 4.78 is 26.6. The fourth-order valence-electron chi connectivity index (χ4n) is 2.31. The molecule has 0 aromatic heterocycles. The van der Waals surface area contributed by atoms with Crippen molar-refractivity contribution in [3.05, 3.63) is 27.7 Å². The molecule has 1 heterocycles. The Morgan fingerprint density at radius 3 is 2.14 bits per heavy atom. The molecule has 1 fully saturated rings. The molecule has 0 spiro atoms. The summed E-state index contributed by atoms with van der Waals surface area (Å²) in [4.78, 5) is 0.157. The van der Waals surface area contributed by atoms with E-state index in [-0.39, 0.29) is 17.3 Å². The van der Waals surface area contributed by atoms with Crippen LogP contribution in [0.5, 0.6) is 0 Å². The maximum atomic E-state index is 12.6. The van der Waals surface area contributed by atoms with E-state index in [9.17, 15) is 8.42 Å². The molecule has 0 atom stereocenters. The second-order valence-electron chi connectivity index (χ2n) is 5.10. The largest absolute Gasteiger partial charge is 0.330 e. The lowest BCUT2D eigenvalue weighted by atomic mass is 9.99. The van der Waals surface area contributed by atoms with Gasteiger partial charge in [0.05, 0.1) is 4.90 Å². The highest BCUT2D eigenvalue weighted by atomic mass is 35.5. The zero-order valence-electron chi connectivity index (χ0n) is 11.7. The van der Waals surface area contributed by atoms with Crippen molar-refractivity contribution in [2.24, 2.45) is 11.7 Å². The maximum Gasteiger partial charge on any atom is 0.243 e. The van der Waals surface area contributed by atoms with Gasteiger partial charge in [-0.1, -0.05) is 23.2 Å². The minimum atomic E-state index is -3.53. The molecule has 2 rings (SSSR count). The third kappa shape index (κ3) is 4.03. The summed E-state index contributed by atoms with van der Waals surface area (Å²) in [7, 11) is -3.53. The van der Waals surface area contributed by atoms with Gasteiger partial charge in [0.25, 0.3) is 0 Å². The predicted molar refractivity (Wildman–Crippen MR) is 89.0 cm³/mol. The van der Waals surface area contributed by atoms with Gasteiger partial charge < -0.3 is 5.73 Å². The van der Waals surface area contributed by atoms with E-state index in [1.807, 2.05) is 0 Å². The molecule has 8 heteroatoms. The Morgan fingerprint density at radius 2 is 1.71 bits per heavy atom. The number of hydrogen-bond acceptors (Lipinski definition) is 3. The van der Waals surface area contributed by atoms with Crippen molar-refractivity contribution in [2.45, 2.75) is 24.7 Å². The summed E-state index contributed by atoms with van der Waals surface area (Å²) in [6.07, 6.45) is 1.59. The molecule has 1 aromatic carbocycles. The lowest BCUT2D eigenvalue weighted by Gasteiger charge is -2.30. The van der Waals surface area contributed by atoms with Crippen LogP contribution in [0.4, 0.5) is 0 Å². The number of nitrogens with two attached hydrogens (primary N) is 1. The van der Waals surface area contributed by atoms with Gasteiger partial charge in [0.2, 0.25) is 10.0 Å². The van der Waals surface area contributed by atoms with E-state index in [2.05, 4.69) is 0 Å². The number of sulfonamides is 1. The fourth-order valence-corrected chi connectivity index (χ4v) is 4.45. The first-order valence-corrected chi connectivity index (χ1v) is 8.71. The van der Waals surface area contributed by atoms with Gasteiger partial charge >= 0.3 is 0 Å². The van der Waals surface area contributed by atoms with Crippen molar-refractivity contribution < 1.29 is 8.42 Å². The average molecular weight is 374 g/mol. The Morgan fingerprint density at radius 1 is 1.24 bits per heavy atom. The SMILES string of the molecule is Cc1c(Cl)cc(S(=O)(=O)N2CCC(CN)CC2)cc1Cl.Cl. The predicted octanol–water partition coefficient (Wildman–Crippen LogP) is 3.08. The molecule has 4 nitrogen and oxygen atoms in total. The molecule has 2 N–H and O–H groups in total. The molecule has 1 aliphatic heterocycles. The molecule has 0 unspecified atom stereocenters. The second kappa shape index (κ2) is 7.49. The number of rotatable bonds is 3. The summed E-state index contributed by atoms with van der Waals surface area (Å²) in [6.45, 7) is 3.35. The van der Waals surface area contributed by atoms with Crippen LogP contribution in [0.25, 0.3) is 0 Å². The van der Waals surface area contributed by atoms with Gasteiger partial charge in [-0.2, -0.15) is 4.31 Å². The van der Waals surface area contributed by atoms with Crippen LogP contribution in [0.2, 0.25) is 10.0 Å². The third-order valence-electron chi connectivity index (χ3n) is 3.80. The second-order valence-corrected chi connectivity index (χ2v) is 7.85. The van der Waals surface area contributed by atoms with Crippen LogP contribution in [0.15, 0.2) is 17.0 Å². The van der Waals surface area contributed by atoms with Gasteiger partial charge in [-0.15, -0.1) is 12.4 Å². The van der Waals surface area contributed by atoms with Gasteiger partial charge in [0, 0.05) is 23.1 Å². The van der Waals surface area contributed by atoms with Crippen LogP contribution in [-0.2, 0) is 10.0 Å². The zero-order chi connectivity index (χ0) is 14.9. The van der Waals surface area contributed by atoms with Crippen molar-refractivity contribution in [2.75, 3.05) is 19.6 Å². The van der Waals surface area contributed by atoms with Gasteiger partial charge in [-0.25, -0.2) is 8.42 Å². The lowest BCUT2D eigenvalue weighted by Crippen LogP contribution is -2.40. The first kappa shape index (κ1) is 19.0. The molecular weight excluding hydrogens is 355 g/mol. The Labute approximate surface area is 142 Å². The van der Waals surface area contributed by atoms with E-state index in [4.69, 9.17) is 28.9 Å². The number of nitrogens with zero attached hydrogens (tertiary/aromatic N) is 1. The number of halogens is 3. The average Bonchev–Trinajstić information content (AvgIpc) is 2.44. The normalized spacial score (nSPS) is 17.5. The molecule has 120 valence electrons. The van der Waals surface area contributed by atoms with Crippen molar-refractivity contribution in [1.29, 1.82) is 0 Å². The summed E-state index contributed by atoms with van der Waals surface area (Å²) in [5.74, 6) is 0.409. The lowest BCUT2D eigenvalue weighted by molar-refractivity contribution is 0.278. The summed E-state index contributed by atoms with van der Waals surface area (Å²) in [6, 6.07) is 2.93. The van der Waals surface area contributed by atoms with Crippen LogP contribution in [0.1, 0.15) is 18.4 Å². The van der Waals surface area contributed by atoms with Crippen LogP contribution in [-0.4, -0.2) is 32.4 Å². The Balaban J connectivity index is 0.00000220. The van der Waals surface area contributed by atoms with Crippen molar-refractivity contribution in [3.8, 4) is 0 Å². The Bertz CT molecular complexity index is 576. The Kier molecular flexibility index (Phi) is 6.78. The number of piperidine rings is 1. The minimum Gasteiger partial charge on any atom is -0.330 e. The molecule has 1 saturated heterocycles. The summed E-state index contributed by atoms with van der Waals surface area (Å²) >= 11 is 12.1. The minimum absolute atomic E-state index is 0. The molecule has 0 radical (unpaired) electrons. The molecule has 0 amide bonds. The molecule has 1 aliphatic rings. The van der Waals surface area contributed by atoms with Crippen molar-refractivity contribution in [1.82, 2.24) is 4.31 Å². The van der Waals surface area contributed by atoms with Crippen molar-refractivity contribution >= 4 is 45.6 Å². The third-order valence-corrected chi connectivity index (χ3v) is 6.46. The highest BCUT2D eigenvalue weighted by Crippen LogP contribution is 2.30. The first-order valence-electron chi connectivity index (χ1n) is 6.52. The van der Waals surface area contributed by atoms with Crippen LogP contribution >= 0.6 is 35.6 Å². The highest BCUT2D eigenvalue weighted by Gasteiger charge is 2.29. The molecule has 0 saturated carbocycles. The van der Waals surface area contributed by atoms with Crippen LogP contribution < -0.4 is 5.73 Å². The van der Waals surface area contributed by atoms with Gasteiger partial charge in [0.15, 0.2) is 0 Å². The molecule has 21 heavy (non-hydrogen) atoms. The van der Waals surface area contributed by atoms with Gasteiger partial charge in [0.1, 0.15) is 0 Å². The number of benzene rings is 1. The summed E-state index contributed by atoms with van der Waals surface area (Å²) in [5.41, 5.74) is 6.31. The van der Waals surface area contributed by atoms with Crippen LogP contribution in [0.3, 0.4) is 0 Å². The topological polar surface area (TPSA) is 63.4 Å². The van der Waals surface area contributed by atoms with Gasteiger partial charge in [-0.05, 0) is 49.9 Å². The highest BCUT2D eigenvalue weighted by molar-refractivity contribution is 7.89. The first-order chi connectivity index (χ1) is 9.36. The van der Waals surface area contributed by atoms with E-state index in [0.717, 1.165) is 12.8 Å². The number of hydrogen-bond donors (Lipinski definition) is 1. The van der Waals surface area contributed by atoms with Gasteiger partial charge in [-0.3, -0.25) is 0 Å². The fraction of sp³-hybridized carbons (Fsp3) is 0.538. The zero-order valence-corrected chi connectivity index (χ0v) is 14.8. The van der Waals surface area contributed by atoms with E-state index in [0.29, 0.717) is 41.2 Å². The Hall–Kier alpha value is -0.0400. The van der Waals surface area contributed by atoms with E-state index < -0.39 is 10.0 Å².